The van der Waals surface area contributed by atoms with Gasteiger partial charge in [0.1, 0.15) is 0 Å². The first-order valence-electron chi connectivity index (χ1n) is 7.09. The lowest BCUT2D eigenvalue weighted by Gasteiger charge is -2.24. The molecule has 0 saturated heterocycles. The van der Waals surface area contributed by atoms with Crippen LogP contribution in [0.2, 0.25) is 0 Å². The fourth-order valence-corrected chi connectivity index (χ4v) is 1.96. The van der Waals surface area contributed by atoms with Gasteiger partial charge in [0.15, 0.2) is 0 Å². The van der Waals surface area contributed by atoms with Gasteiger partial charge in [-0.1, -0.05) is 13.3 Å². The van der Waals surface area contributed by atoms with E-state index in [4.69, 9.17) is 16.2 Å². The van der Waals surface area contributed by atoms with E-state index >= 15 is 0 Å². The molecular formula is C15H23N3O3. The standard InChI is InChI=1S/C15H23N3O3/c1-3-5-8-18(10-14(17)19)11-6-7-13(16)12(9-11)15(20)21-4-2/h6-7,9H,3-5,8,10,16H2,1-2H3,(H2,17,19). The van der Waals surface area contributed by atoms with Crippen LogP contribution in [0.15, 0.2) is 18.2 Å². The number of amides is 1. The minimum absolute atomic E-state index is 0.103. The van der Waals surface area contributed by atoms with E-state index in [1.807, 2.05) is 4.90 Å². The summed E-state index contributed by atoms with van der Waals surface area (Å²) in [5.41, 5.74) is 12.5. The molecule has 0 radical (unpaired) electrons. The number of nitrogen functional groups attached to an aromatic ring is 1. The van der Waals surface area contributed by atoms with Gasteiger partial charge in [-0.25, -0.2) is 4.79 Å². The average molecular weight is 293 g/mol. The van der Waals surface area contributed by atoms with E-state index in [-0.39, 0.29) is 13.2 Å². The molecule has 0 saturated carbocycles. The lowest BCUT2D eigenvalue weighted by atomic mass is 10.1. The number of primary amides is 1. The molecule has 0 spiro atoms. The van der Waals surface area contributed by atoms with Crippen molar-refractivity contribution < 1.29 is 14.3 Å². The molecular weight excluding hydrogens is 270 g/mol. The van der Waals surface area contributed by atoms with E-state index in [1.165, 1.54) is 0 Å². The Hall–Kier alpha value is -2.24. The molecule has 6 heteroatoms. The predicted octanol–water partition coefficient (Wildman–Crippen LogP) is 1.54. The third-order valence-corrected chi connectivity index (χ3v) is 3.03. The number of hydrogen-bond acceptors (Lipinski definition) is 5. The molecule has 0 bridgehead atoms. The Morgan fingerprint density at radius 2 is 2.00 bits per heavy atom. The molecule has 1 aromatic carbocycles. The zero-order chi connectivity index (χ0) is 15.8. The van der Waals surface area contributed by atoms with Crippen molar-refractivity contribution in [1.82, 2.24) is 0 Å². The quantitative estimate of drug-likeness (QED) is 0.559. The highest BCUT2D eigenvalue weighted by Gasteiger charge is 2.15. The molecule has 1 aromatic rings. The molecule has 116 valence electrons. The molecule has 0 atom stereocenters. The summed E-state index contributed by atoms with van der Waals surface area (Å²) in [6.45, 7) is 4.87. The van der Waals surface area contributed by atoms with Gasteiger partial charge in [0.25, 0.3) is 0 Å². The van der Waals surface area contributed by atoms with Crippen LogP contribution in [0.4, 0.5) is 11.4 Å². The van der Waals surface area contributed by atoms with Gasteiger partial charge in [0, 0.05) is 17.9 Å². The first-order valence-corrected chi connectivity index (χ1v) is 7.09. The number of hydrogen-bond donors (Lipinski definition) is 2. The summed E-state index contributed by atoms with van der Waals surface area (Å²) in [5.74, 6) is -0.882. The Kier molecular flexibility index (Phi) is 6.52. The van der Waals surface area contributed by atoms with Gasteiger partial charge in [-0.2, -0.15) is 0 Å². The summed E-state index contributed by atoms with van der Waals surface area (Å²) in [6, 6.07) is 5.06. The lowest BCUT2D eigenvalue weighted by Crippen LogP contribution is -2.34. The topological polar surface area (TPSA) is 98.6 Å². The Labute approximate surface area is 125 Å². The summed E-state index contributed by atoms with van der Waals surface area (Å²) in [6.07, 6.45) is 1.92. The molecule has 1 amide bonds. The van der Waals surface area contributed by atoms with E-state index in [0.29, 0.717) is 17.8 Å². The minimum atomic E-state index is -0.466. The van der Waals surface area contributed by atoms with Crippen LogP contribution < -0.4 is 16.4 Å². The van der Waals surface area contributed by atoms with Crippen LogP contribution in [0.5, 0.6) is 0 Å². The maximum atomic E-state index is 11.9. The second-order valence-electron chi connectivity index (χ2n) is 4.73. The molecule has 0 unspecified atom stereocenters. The van der Waals surface area contributed by atoms with E-state index in [2.05, 4.69) is 6.92 Å². The third-order valence-electron chi connectivity index (χ3n) is 3.03. The number of carbonyl (C=O) groups is 2. The highest BCUT2D eigenvalue weighted by atomic mass is 16.5. The van der Waals surface area contributed by atoms with Crippen molar-refractivity contribution in [3.63, 3.8) is 0 Å². The number of ether oxygens (including phenoxy) is 1. The number of rotatable bonds is 8. The van der Waals surface area contributed by atoms with Gasteiger partial charge < -0.3 is 21.1 Å². The molecule has 0 aliphatic rings. The fourth-order valence-electron chi connectivity index (χ4n) is 1.96. The Bertz CT molecular complexity index is 503. The van der Waals surface area contributed by atoms with Gasteiger partial charge in [-0.15, -0.1) is 0 Å². The summed E-state index contributed by atoms with van der Waals surface area (Å²) in [7, 11) is 0. The molecule has 4 N–H and O–H groups in total. The van der Waals surface area contributed by atoms with Crippen LogP contribution in [0.1, 0.15) is 37.0 Å². The third kappa shape index (κ3) is 4.98. The van der Waals surface area contributed by atoms with Crippen LogP contribution in [-0.4, -0.2) is 31.6 Å². The number of nitrogens with zero attached hydrogens (tertiary/aromatic N) is 1. The zero-order valence-electron chi connectivity index (χ0n) is 12.6. The average Bonchev–Trinajstić information content (AvgIpc) is 2.44. The van der Waals surface area contributed by atoms with Crippen molar-refractivity contribution in [2.75, 3.05) is 30.3 Å². The highest BCUT2D eigenvalue weighted by molar-refractivity contribution is 5.96. The Morgan fingerprint density at radius 1 is 1.29 bits per heavy atom. The summed E-state index contributed by atoms with van der Waals surface area (Å²) in [5, 5.41) is 0. The maximum Gasteiger partial charge on any atom is 0.340 e. The van der Waals surface area contributed by atoms with Crippen molar-refractivity contribution in [3.8, 4) is 0 Å². The number of carbonyl (C=O) groups excluding carboxylic acids is 2. The van der Waals surface area contributed by atoms with E-state index < -0.39 is 11.9 Å². The van der Waals surface area contributed by atoms with E-state index in [1.54, 1.807) is 25.1 Å². The van der Waals surface area contributed by atoms with Gasteiger partial charge >= 0.3 is 5.97 Å². The number of unbranched alkanes of at least 4 members (excludes halogenated alkanes) is 1. The van der Waals surface area contributed by atoms with Gasteiger partial charge in [-0.05, 0) is 31.5 Å². The van der Waals surface area contributed by atoms with Crippen molar-refractivity contribution in [1.29, 1.82) is 0 Å². The Balaban J connectivity index is 3.04. The summed E-state index contributed by atoms with van der Waals surface area (Å²) in [4.78, 5) is 24.9. The number of benzene rings is 1. The van der Waals surface area contributed by atoms with Crippen LogP contribution in [0, 0.1) is 0 Å². The molecule has 0 aromatic heterocycles. The van der Waals surface area contributed by atoms with Crippen molar-refractivity contribution in [2.24, 2.45) is 5.73 Å². The van der Waals surface area contributed by atoms with Crippen molar-refractivity contribution >= 4 is 23.3 Å². The second-order valence-corrected chi connectivity index (χ2v) is 4.73. The van der Waals surface area contributed by atoms with Crippen LogP contribution in [0.3, 0.4) is 0 Å². The van der Waals surface area contributed by atoms with Gasteiger partial charge in [0.05, 0.1) is 18.7 Å². The molecule has 0 aliphatic heterocycles. The van der Waals surface area contributed by atoms with Gasteiger partial charge in [0.2, 0.25) is 5.91 Å². The van der Waals surface area contributed by atoms with Crippen molar-refractivity contribution in [3.05, 3.63) is 23.8 Å². The number of nitrogens with two attached hydrogens (primary N) is 2. The van der Waals surface area contributed by atoms with Crippen LogP contribution in [0.25, 0.3) is 0 Å². The normalized spacial score (nSPS) is 10.2. The zero-order valence-corrected chi connectivity index (χ0v) is 12.6. The van der Waals surface area contributed by atoms with Crippen molar-refractivity contribution in [2.45, 2.75) is 26.7 Å². The molecule has 0 heterocycles. The highest BCUT2D eigenvalue weighted by Crippen LogP contribution is 2.22. The van der Waals surface area contributed by atoms with Gasteiger partial charge in [-0.3, -0.25) is 4.79 Å². The monoisotopic (exact) mass is 293 g/mol. The fraction of sp³-hybridized carbons (Fsp3) is 0.467. The summed E-state index contributed by atoms with van der Waals surface area (Å²) < 4.78 is 4.98. The number of anilines is 2. The smallest absolute Gasteiger partial charge is 0.340 e. The first-order chi connectivity index (χ1) is 9.99. The Morgan fingerprint density at radius 3 is 2.57 bits per heavy atom. The van der Waals surface area contributed by atoms with Crippen LogP contribution in [-0.2, 0) is 9.53 Å². The van der Waals surface area contributed by atoms with E-state index in [9.17, 15) is 9.59 Å². The first kappa shape index (κ1) is 16.8. The number of esters is 1. The largest absolute Gasteiger partial charge is 0.462 e. The molecule has 1 rings (SSSR count). The summed E-state index contributed by atoms with van der Waals surface area (Å²) >= 11 is 0. The molecule has 0 aliphatic carbocycles. The molecule has 0 fully saturated rings. The second kappa shape index (κ2) is 8.14. The lowest BCUT2D eigenvalue weighted by molar-refractivity contribution is -0.116. The molecule has 21 heavy (non-hydrogen) atoms. The molecule has 6 nitrogen and oxygen atoms in total. The van der Waals surface area contributed by atoms with Crippen LogP contribution >= 0.6 is 0 Å². The van der Waals surface area contributed by atoms with E-state index in [0.717, 1.165) is 18.5 Å². The minimum Gasteiger partial charge on any atom is -0.462 e. The predicted molar refractivity (Wildman–Crippen MR) is 83.1 cm³/mol. The SMILES string of the molecule is CCCCN(CC(N)=O)c1ccc(N)c(C(=O)OCC)c1. The maximum absolute atomic E-state index is 11.9.